The first kappa shape index (κ1) is 27.7. The van der Waals surface area contributed by atoms with Gasteiger partial charge < -0.3 is 10.0 Å². The van der Waals surface area contributed by atoms with Gasteiger partial charge in [-0.15, -0.1) is 0 Å². The normalized spacial score (nSPS) is 14.9. The van der Waals surface area contributed by atoms with E-state index in [1.807, 2.05) is 6.07 Å². The number of fused-ring (bicyclic) bond motifs is 2. The van der Waals surface area contributed by atoms with E-state index in [1.165, 1.54) is 61.6 Å². The molecule has 202 valence electrons. The second-order valence-corrected chi connectivity index (χ2v) is 11.7. The van der Waals surface area contributed by atoms with Gasteiger partial charge in [-0.3, -0.25) is 4.79 Å². The highest BCUT2D eigenvalue weighted by molar-refractivity contribution is 7.99. The Kier molecular flexibility index (Phi) is 8.41. The van der Waals surface area contributed by atoms with E-state index in [0.717, 1.165) is 29.7 Å². The molecule has 0 aliphatic carbocycles. The van der Waals surface area contributed by atoms with Crippen molar-refractivity contribution in [2.24, 2.45) is 0 Å². The summed E-state index contributed by atoms with van der Waals surface area (Å²) >= 11 is 1.40. The minimum atomic E-state index is -1.17. The van der Waals surface area contributed by atoms with Gasteiger partial charge in [0, 0.05) is 43.8 Å². The van der Waals surface area contributed by atoms with Crippen LogP contribution in [0.2, 0.25) is 0 Å². The lowest BCUT2D eigenvalue weighted by molar-refractivity contribution is 0.00415. The van der Waals surface area contributed by atoms with Crippen LogP contribution in [0.5, 0.6) is 0 Å². The van der Waals surface area contributed by atoms with E-state index in [-0.39, 0.29) is 5.91 Å². The van der Waals surface area contributed by atoms with Crippen molar-refractivity contribution >= 4 is 28.4 Å². The molecule has 0 saturated carbocycles. The summed E-state index contributed by atoms with van der Waals surface area (Å²) in [7, 11) is 0. The Morgan fingerprint density at radius 3 is 2.15 bits per heavy atom. The number of aliphatic hydroxyl groups excluding tert-OH is 1. The fourth-order valence-corrected chi connectivity index (χ4v) is 7.14. The lowest BCUT2D eigenvalue weighted by Gasteiger charge is -2.36. The van der Waals surface area contributed by atoms with Gasteiger partial charge in [-0.1, -0.05) is 76.5 Å². The number of carbonyl (C=O) groups is 1. The summed E-state index contributed by atoms with van der Waals surface area (Å²) < 4.78 is 0. The maximum Gasteiger partial charge on any atom is 0.256 e. The first-order valence-electron chi connectivity index (χ1n) is 14.2. The number of aliphatic hydroxyl groups is 1. The topological polar surface area (TPSA) is 112 Å². The summed E-state index contributed by atoms with van der Waals surface area (Å²) in [6.07, 6.45) is 10.6. The summed E-state index contributed by atoms with van der Waals surface area (Å²) in [5.74, 6) is -0.295. The molecule has 1 N–H and O–H groups in total. The van der Waals surface area contributed by atoms with Gasteiger partial charge in [0.25, 0.3) is 5.91 Å². The zero-order valence-electron chi connectivity index (χ0n) is 22.8. The third-order valence-electron chi connectivity index (χ3n) is 8.04. The highest BCUT2D eigenvalue weighted by Gasteiger charge is 2.37. The van der Waals surface area contributed by atoms with E-state index < -0.39 is 6.23 Å². The van der Waals surface area contributed by atoms with E-state index in [1.54, 1.807) is 24.3 Å². The molecular weight excluding hydrogens is 516 g/mol. The zero-order valence-corrected chi connectivity index (χ0v) is 23.6. The van der Waals surface area contributed by atoms with Crippen LogP contribution in [0.3, 0.4) is 0 Å². The van der Waals surface area contributed by atoms with Crippen LogP contribution in [0, 0.1) is 34.0 Å². The number of nitrogens with zero attached hydrogens (tertiary/aromatic N) is 4. The predicted octanol–water partition coefficient (Wildman–Crippen LogP) is 7.95. The Morgan fingerprint density at radius 1 is 0.825 bits per heavy atom. The molecule has 2 heterocycles. The third-order valence-corrected chi connectivity index (χ3v) is 9.24. The molecule has 2 aliphatic rings. The zero-order chi connectivity index (χ0) is 28.2. The lowest BCUT2D eigenvalue weighted by atomic mass is 9.84. The number of unbranched alkanes of at least 4 members (excludes halogenated alkanes) is 9. The van der Waals surface area contributed by atoms with Crippen molar-refractivity contribution in [1.29, 1.82) is 15.8 Å². The summed E-state index contributed by atoms with van der Waals surface area (Å²) in [6.45, 7) is 2.64. The minimum absolute atomic E-state index is 0.295. The van der Waals surface area contributed by atoms with Crippen molar-refractivity contribution in [3.05, 3.63) is 58.1 Å². The Balaban J connectivity index is 1.44. The van der Waals surface area contributed by atoms with Crippen LogP contribution in [0.25, 0.3) is 21.9 Å². The molecule has 5 rings (SSSR count). The van der Waals surface area contributed by atoms with E-state index in [0.29, 0.717) is 55.6 Å². The molecule has 1 unspecified atom stereocenters. The van der Waals surface area contributed by atoms with E-state index >= 15 is 0 Å². The van der Waals surface area contributed by atoms with Crippen molar-refractivity contribution in [3.63, 3.8) is 0 Å². The highest BCUT2D eigenvalue weighted by atomic mass is 32.2. The number of amides is 1. The fraction of sp³-hybridized carbons (Fsp3) is 0.394. The molecule has 0 bridgehead atoms. The maximum absolute atomic E-state index is 13.7. The van der Waals surface area contributed by atoms with Crippen molar-refractivity contribution in [1.82, 2.24) is 4.90 Å². The fourth-order valence-electron chi connectivity index (χ4n) is 5.99. The van der Waals surface area contributed by atoms with Crippen molar-refractivity contribution < 1.29 is 9.90 Å². The van der Waals surface area contributed by atoms with Crippen LogP contribution in [-0.2, 0) is 0 Å². The highest BCUT2D eigenvalue weighted by Crippen LogP contribution is 2.54. The van der Waals surface area contributed by atoms with Crippen LogP contribution in [0.1, 0.15) is 110 Å². The monoisotopic (exact) mass is 548 g/mol. The first-order chi connectivity index (χ1) is 19.5. The lowest BCUT2D eigenvalue weighted by Crippen LogP contribution is -2.39. The predicted molar refractivity (Wildman–Crippen MR) is 155 cm³/mol. The summed E-state index contributed by atoms with van der Waals surface area (Å²) in [5.41, 5.74) is 3.43. The van der Waals surface area contributed by atoms with Gasteiger partial charge in [0.2, 0.25) is 0 Å². The van der Waals surface area contributed by atoms with Gasteiger partial charge in [0.1, 0.15) is 6.07 Å². The van der Waals surface area contributed by atoms with Crippen LogP contribution in [0.4, 0.5) is 0 Å². The Bertz CT molecular complexity index is 1610. The Morgan fingerprint density at radius 2 is 1.50 bits per heavy atom. The van der Waals surface area contributed by atoms with Gasteiger partial charge in [0.15, 0.2) is 6.23 Å². The molecule has 0 aromatic heterocycles. The number of hydrogen-bond acceptors (Lipinski definition) is 6. The molecule has 40 heavy (non-hydrogen) atoms. The van der Waals surface area contributed by atoms with Gasteiger partial charge in [0.05, 0.1) is 28.8 Å². The number of hydrogen-bond donors (Lipinski definition) is 1. The SMILES string of the molecule is CCCCCCCCCCCCN1C(=O)c2cc(C#N)c3c4c(c(C#N)cc(c24)C1O)Sc1ccc(C#N)cc1-3. The first-order valence-corrected chi connectivity index (χ1v) is 15.0. The van der Waals surface area contributed by atoms with Crippen LogP contribution < -0.4 is 0 Å². The summed E-state index contributed by atoms with van der Waals surface area (Å²) in [4.78, 5) is 16.7. The smallest absolute Gasteiger partial charge is 0.256 e. The molecule has 3 aromatic rings. The minimum Gasteiger partial charge on any atom is -0.369 e. The van der Waals surface area contributed by atoms with Crippen LogP contribution >= 0.6 is 11.8 Å². The molecule has 0 saturated heterocycles. The number of rotatable bonds is 11. The Hall–Kier alpha value is -3.83. The number of nitriles is 3. The van der Waals surface area contributed by atoms with Gasteiger partial charge in [-0.2, -0.15) is 15.8 Å². The standard InChI is InChI=1S/C33H32N4O2S/c1-2-3-4-5-6-7-8-9-10-11-14-37-32(38)25-16-22(19-35)28-24-15-21(18-34)12-13-27(24)40-31-23(20-36)17-26(33(37)39)29(25)30(28)31/h12-13,15-17,33,39H,2-11,14H2,1H3. The number of benzene rings is 3. The number of carbonyl (C=O) groups excluding carboxylic acids is 1. The van der Waals surface area contributed by atoms with Crippen LogP contribution in [0.15, 0.2) is 40.1 Å². The maximum atomic E-state index is 13.7. The molecule has 3 aromatic carbocycles. The Labute approximate surface area is 239 Å². The van der Waals surface area contributed by atoms with E-state index in [4.69, 9.17) is 0 Å². The average Bonchev–Trinajstić information content (AvgIpc) is 2.98. The van der Waals surface area contributed by atoms with Crippen molar-refractivity contribution in [2.45, 2.75) is 87.2 Å². The molecule has 6 nitrogen and oxygen atoms in total. The second kappa shape index (κ2) is 12.1. The molecule has 0 fully saturated rings. The quantitative estimate of drug-likeness (QED) is 0.190. The molecular formula is C33H32N4O2S. The molecule has 2 aliphatic heterocycles. The largest absolute Gasteiger partial charge is 0.369 e. The molecule has 0 radical (unpaired) electrons. The summed E-state index contributed by atoms with van der Waals surface area (Å²) in [6, 6.07) is 15.3. The average molecular weight is 549 g/mol. The second-order valence-electron chi connectivity index (χ2n) is 10.6. The van der Waals surface area contributed by atoms with Crippen LogP contribution in [-0.4, -0.2) is 22.5 Å². The van der Waals surface area contributed by atoms with Gasteiger partial charge in [-0.05, 0) is 42.3 Å². The molecule has 7 heteroatoms. The van der Waals surface area contributed by atoms with Gasteiger partial charge >= 0.3 is 0 Å². The molecule has 1 atom stereocenters. The molecule has 0 spiro atoms. The van der Waals surface area contributed by atoms with Gasteiger partial charge in [-0.25, -0.2) is 0 Å². The van der Waals surface area contributed by atoms with Crippen molar-refractivity contribution in [2.75, 3.05) is 6.54 Å². The summed E-state index contributed by atoms with van der Waals surface area (Å²) in [5, 5.41) is 42.4. The molecule has 1 amide bonds. The van der Waals surface area contributed by atoms with E-state index in [9.17, 15) is 25.7 Å². The van der Waals surface area contributed by atoms with E-state index in [2.05, 4.69) is 25.1 Å². The van der Waals surface area contributed by atoms with Crippen molar-refractivity contribution in [3.8, 4) is 29.3 Å². The third kappa shape index (κ3) is 4.95.